The Labute approximate surface area is 52.7 Å². The van der Waals surface area contributed by atoms with E-state index in [2.05, 4.69) is 9.47 Å². The van der Waals surface area contributed by atoms with Gasteiger partial charge >= 0.3 is 12.4 Å². The largest absolute Gasteiger partial charge is 0.428 e. The van der Waals surface area contributed by atoms with Crippen molar-refractivity contribution >= 4 is 12.4 Å². The molecule has 0 aliphatic rings. The van der Waals surface area contributed by atoms with Crippen molar-refractivity contribution in [3.05, 3.63) is 0 Å². The van der Waals surface area contributed by atoms with Crippen LogP contribution in [0.5, 0.6) is 0 Å². The summed E-state index contributed by atoms with van der Waals surface area (Å²) in [6.07, 6.45) is 0.280. The minimum Gasteiger partial charge on any atom is -0.428 e. The molecule has 0 atom stereocenters. The SMILES string of the molecule is CCC(=O)OCO[C]=O. The Morgan fingerprint density at radius 3 is 2.78 bits per heavy atom. The third-order valence-electron chi connectivity index (χ3n) is 0.626. The topological polar surface area (TPSA) is 52.6 Å². The van der Waals surface area contributed by atoms with Crippen LogP contribution in [0.2, 0.25) is 0 Å². The lowest BCUT2D eigenvalue weighted by molar-refractivity contribution is -0.150. The minimum absolute atomic E-state index is 0.280. The quantitative estimate of drug-likeness (QED) is 0.305. The molecule has 0 aliphatic carbocycles. The molecule has 0 spiro atoms. The molecular weight excluding hydrogens is 124 g/mol. The molecule has 0 heterocycles. The minimum atomic E-state index is -0.398. The lowest BCUT2D eigenvalue weighted by Crippen LogP contribution is -2.05. The monoisotopic (exact) mass is 131 g/mol. The summed E-state index contributed by atoms with van der Waals surface area (Å²) in [4.78, 5) is 19.6. The Balaban J connectivity index is 3.06. The molecule has 1 radical (unpaired) electrons. The van der Waals surface area contributed by atoms with E-state index in [-0.39, 0.29) is 13.2 Å². The predicted molar refractivity (Wildman–Crippen MR) is 28.0 cm³/mol. The van der Waals surface area contributed by atoms with Gasteiger partial charge in [-0.1, -0.05) is 6.92 Å². The molecule has 0 fully saturated rings. The molecule has 0 bridgehead atoms. The molecule has 9 heavy (non-hydrogen) atoms. The summed E-state index contributed by atoms with van der Waals surface area (Å²) >= 11 is 0. The van der Waals surface area contributed by atoms with Crippen LogP contribution in [0.3, 0.4) is 0 Å². The average molecular weight is 131 g/mol. The van der Waals surface area contributed by atoms with E-state index in [0.29, 0.717) is 0 Å². The van der Waals surface area contributed by atoms with Crippen LogP contribution in [-0.2, 0) is 19.1 Å². The molecule has 0 saturated carbocycles. The van der Waals surface area contributed by atoms with Crippen LogP contribution < -0.4 is 0 Å². The molecule has 0 aliphatic heterocycles. The fraction of sp³-hybridized carbons (Fsp3) is 0.600. The lowest BCUT2D eigenvalue weighted by Gasteiger charge is -1.97. The lowest BCUT2D eigenvalue weighted by atomic mass is 10.5. The number of ether oxygens (including phenoxy) is 2. The van der Waals surface area contributed by atoms with E-state index in [0.717, 1.165) is 6.47 Å². The molecule has 0 aromatic heterocycles. The van der Waals surface area contributed by atoms with Gasteiger partial charge in [-0.05, 0) is 0 Å². The normalized spacial score (nSPS) is 8.11. The fourth-order valence-corrected chi connectivity index (χ4v) is 0.221. The van der Waals surface area contributed by atoms with Crippen molar-refractivity contribution in [3.63, 3.8) is 0 Å². The maximum atomic E-state index is 10.3. The first-order valence-electron chi connectivity index (χ1n) is 2.45. The van der Waals surface area contributed by atoms with Crippen molar-refractivity contribution in [1.82, 2.24) is 0 Å². The zero-order valence-electron chi connectivity index (χ0n) is 5.05. The van der Waals surface area contributed by atoms with Gasteiger partial charge in [0.2, 0.25) is 6.79 Å². The first-order valence-corrected chi connectivity index (χ1v) is 2.45. The Morgan fingerprint density at radius 1 is 1.67 bits per heavy atom. The van der Waals surface area contributed by atoms with Crippen LogP contribution in [0.1, 0.15) is 13.3 Å². The summed E-state index contributed by atoms with van der Waals surface area (Å²) in [6, 6.07) is 0. The highest BCUT2D eigenvalue weighted by molar-refractivity contribution is 5.68. The third kappa shape index (κ3) is 4.80. The highest BCUT2D eigenvalue weighted by Crippen LogP contribution is 1.82. The van der Waals surface area contributed by atoms with E-state index in [4.69, 9.17) is 0 Å². The second-order valence-corrected chi connectivity index (χ2v) is 1.22. The zero-order chi connectivity index (χ0) is 7.11. The van der Waals surface area contributed by atoms with Crippen molar-refractivity contribution in [2.45, 2.75) is 13.3 Å². The van der Waals surface area contributed by atoms with E-state index in [1.165, 1.54) is 0 Å². The highest BCUT2D eigenvalue weighted by atomic mass is 16.7. The summed E-state index contributed by atoms with van der Waals surface area (Å²) in [7, 11) is 0. The molecule has 0 aromatic rings. The van der Waals surface area contributed by atoms with Crippen LogP contribution >= 0.6 is 0 Å². The molecular formula is C5H7O4. The van der Waals surface area contributed by atoms with E-state index in [9.17, 15) is 9.59 Å². The molecule has 0 unspecified atom stereocenters. The first kappa shape index (κ1) is 7.94. The van der Waals surface area contributed by atoms with Gasteiger partial charge in [0.05, 0.1) is 0 Å². The number of rotatable bonds is 4. The van der Waals surface area contributed by atoms with Gasteiger partial charge < -0.3 is 9.47 Å². The molecule has 0 saturated heterocycles. The Kier molecular flexibility index (Phi) is 4.49. The summed E-state index contributed by atoms with van der Waals surface area (Å²) < 4.78 is 8.27. The number of esters is 1. The molecule has 4 heteroatoms. The smallest absolute Gasteiger partial charge is 0.420 e. The van der Waals surface area contributed by atoms with Crippen LogP contribution in [-0.4, -0.2) is 19.2 Å². The van der Waals surface area contributed by atoms with Crippen molar-refractivity contribution in [3.8, 4) is 0 Å². The Bertz CT molecular complexity index is 99.1. The summed E-state index contributed by atoms with van der Waals surface area (Å²) in [5.74, 6) is -0.398. The van der Waals surface area contributed by atoms with Gasteiger partial charge in [0, 0.05) is 6.42 Å². The third-order valence-corrected chi connectivity index (χ3v) is 0.626. The van der Waals surface area contributed by atoms with Crippen molar-refractivity contribution in [2.75, 3.05) is 6.79 Å². The molecule has 4 nitrogen and oxygen atoms in total. The summed E-state index contributed by atoms with van der Waals surface area (Å²) in [5, 5.41) is 0. The standard InChI is InChI=1S/C5H7O4/c1-2-5(7)9-4-8-3-6/h2,4H2,1H3. The zero-order valence-corrected chi connectivity index (χ0v) is 5.05. The van der Waals surface area contributed by atoms with Gasteiger partial charge in [0.15, 0.2) is 0 Å². The number of carbonyl (C=O) groups excluding carboxylic acids is 2. The van der Waals surface area contributed by atoms with E-state index in [1.807, 2.05) is 0 Å². The van der Waals surface area contributed by atoms with E-state index >= 15 is 0 Å². The van der Waals surface area contributed by atoms with Gasteiger partial charge in [0.25, 0.3) is 0 Å². The molecule has 0 aromatic carbocycles. The maximum absolute atomic E-state index is 10.3. The number of hydrogen-bond acceptors (Lipinski definition) is 4. The molecule has 51 valence electrons. The van der Waals surface area contributed by atoms with Crippen molar-refractivity contribution in [1.29, 1.82) is 0 Å². The maximum Gasteiger partial charge on any atom is 0.420 e. The summed E-state index contributed by atoms with van der Waals surface area (Å²) in [5.41, 5.74) is 0. The molecule has 0 amide bonds. The van der Waals surface area contributed by atoms with Crippen LogP contribution in [0, 0.1) is 0 Å². The number of carbonyl (C=O) groups is 1. The van der Waals surface area contributed by atoms with Crippen LogP contribution in [0.15, 0.2) is 0 Å². The highest BCUT2D eigenvalue weighted by Gasteiger charge is 1.95. The van der Waals surface area contributed by atoms with Crippen molar-refractivity contribution in [2.24, 2.45) is 0 Å². The molecule has 0 N–H and O–H groups in total. The second-order valence-electron chi connectivity index (χ2n) is 1.22. The number of hydrogen-bond donors (Lipinski definition) is 0. The second kappa shape index (κ2) is 5.08. The van der Waals surface area contributed by atoms with Gasteiger partial charge in [-0.25, -0.2) is 4.79 Å². The first-order chi connectivity index (χ1) is 4.31. The molecule has 0 rings (SSSR count). The Hall–Kier alpha value is -1.06. The van der Waals surface area contributed by atoms with Crippen LogP contribution in [0.4, 0.5) is 0 Å². The summed E-state index contributed by atoms with van der Waals surface area (Å²) in [6.45, 7) is 2.43. The van der Waals surface area contributed by atoms with Gasteiger partial charge in [-0.3, -0.25) is 4.79 Å². The predicted octanol–water partition coefficient (Wildman–Crippen LogP) is -0.0191. The van der Waals surface area contributed by atoms with Gasteiger partial charge in [0.1, 0.15) is 0 Å². The van der Waals surface area contributed by atoms with E-state index < -0.39 is 5.97 Å². The van der Waals surface area contributed by atoms with Gasteiger partial charge in [-0.15, -0.1) is 0 Å². The Morgan fingerprint density at radius 2 is 2.33 bits per heavy atom. The van der Waals surface area contributed by atoms with Crippen LogP contribution in [0.25, 0.3) is 0 Å². The van der Waals surface area contributed by atoms with Gasteiger partial charge in [-0.2, -0.15) is 0 Å². The van der Waals surface area contributed by atoms with Crippen molar-refractivity contribution < 1.29 is 19.1 Å². The fourth-order valence-electron chi connectivity index (χ4n) is 0.221. The van der Waals surface area contributed by atoms with E-state index in [1.54, 1.807) is 6.92 Å². The average Bonchev–Trinajstić information content (AvgIpc) is 1.89.